The second-order valence-corrected chi connectivity index (χ2v) is 6.19. The Morgan fingerprint density at radius 3 is 2.87 bits per heavy atom. The molecule has 2 amide bonds. The minimum absolute atomic E-state index is 0.0677. The summed E-state index contributed by atoms with van der Waals surface area (Å²) in [5, 5.41) is 6.21. The maximum absolute atomic E-state index is 12.1. The van der Waals surface area contributed by atoms with Crippen molar-refractivity contribution < 1.29 is 14.3 Å². The van der Waals surface area contributed by atoms with Crippen molar-refractivity contribution in [2.45, 2.75) is 25.4 Å². The van der Waals surface area contributed by atoms with Gasteiger partial charge in [-0.15, -0.1) is 0 Å². The van der Waals surface area contributed by atoms with Crippen molar-refractivity contribution in [3.05, 3.63) is 28.8 Å². The first-order valence-corrected chi connectivity index (χ1v) is 8.19. The van der Waals surface area contributed by atoms with Gasteiger partial charge in [-0.1, -0.05) is 11.6 Å². The fourth-order valence-electron chi connectivity index (χ4n) is 2.92. The first-order valence-electron chi connectivity index (χ1n) is 7.81. The van der Waals surface area contributed by atoms with Gasteiger partial charge in [-0.05, 0) is 30.2 Å². The molecular formula is C16H20ClN3O3. The Morgan fingerprint density at radius 2 is 2.17 bits per heavy atom. The van der Waals surface area contributed by atoms with Gasteiger partial charge in [0, 0.05) is 36.8 Å². The number of carbonyl (C=O) groups is 2. The van der Waals surface area contributed by atoms with E-state index in [4.69, 9.17) is 16.3 Å². The SMILES string of the molecule is O=C1CC[C@H](C(=O)NCc2cc(Cl)ccc2N2CCOCC2)N1. The summed E-state index contributed by atoms with van der Waals surface area (Å²) in [7, 11) is 0. The Morgan fingerprint density at radius 1 is 1.39 bits per heavy atom. The molecule has 124 valence electrons. The van der Waals surface area contributed by atoms with Gasteiger partial charge in [0.25, 0.3) is 0 Å². The molecule has 2 fully saturated rings. The van der Waals surface area contributed by atoms with E-state index in [1.165, 1.54) is 0 Å². The van der Waals surface area contributed by atoms with Crippen LogP contribution in [0, 0.1) is 0 Å². The zero-order valence-electron chi connectivity index (χ0n) is 12.8. The van der Waals surface area contributed by atoms with Crippen LogP contribution in [0.5, 0.6) is 0 Å². The van der Waals surface area contributed by atoms with E-state index in [1.807, 2.05) is 18.2 Å². The van der Waals surface area contributed by atoms with Crippen molar-refractivity contribution in [3.63, 3.8) is 0 Å². The van der Waals surface area contributed by atoms with Gasteiger partial charge in [0.1, 0.15) is 6.04 Å². The maximum Gasteiger partial charge on any atom is 0.242 e. The van der Waals surface area contributed by atoms with Gasteiger partial charge in [0.15, 0.2) is 0 Å². The molecule has 3 rings (SSSR count). The van der Waals surface area contributed by atoms with Gasteiger partial charge in [0.05, 0.1) is 13.2 Å². The van der Waals surface area contributed by atoms with Gasteiger partial charge in [-0.2, -0.15) is 0 Å². The van der Waals surface area contributed by atoms with E-state index in [0.717, 1.165) is 24.3 Å². The van der Waals surface area contributed by atoms with Crippen LogP contribution in [0.4, 0.5) is 5.69 Å². The zero-order valence-corrected chi connectivity index (χ0v) is 13.6. The molecule has 2 aliphatic heterocycles. The van der Waals surface area contributed by atoms with Crippen molar-refractivity contribution in [1.82, 2.24) is 10.6 Å². The molecule has 6 nitrogen and oxygen atoms in total. The highest BCUT2D eigenvalue weighted by atomic mass is 35.5. The fourth-order valence-corrected chi connectivity index (χ4v) is 3.12. The summed E-state index contributed by atoms with van der Waals surface area (Å²) >= 11 is 6.10. The van der Waals surface area contributed by atoms with Crippen LogP contribution in [0.1, 0.15) is 18.4 Å². The molecule has 0 bridgehead atoms. The molecular weight excluding hydrogens is 318 g/mol. The highest BCUT2D eigenvalue weighted by Crippen LogP contribution is 2.25. The number of halogens is 1. The Hall–Kier alpha value is -1.79. The lowest BCUT2D eigenvalue weighted by molar-refractivity contribution is -0.125. The number of nitrogens with one attached hydrogen (secondary N) is 2. The molecule has 1 atom stereocenters. The van der Waals surface area contributed by atoms with Crippen LogP contribution in [0.15, 0.2) is 18.2 Å². The predicted octanol–water partition coefficient (Wildman–Crippen LogP) is 1.07. The molecule has 0 unspecified atom stereocenters. The third-order valence-electron chi connectivity index (χ3n) is 4.16. The van der Waals surface area contributed by atoms with Crippen LogP contribution in [0.25, 0.3) is 0 Å². The summed E-state index contributed by atoms with van der Waals surface area (Å²) in [4.78, 5) is 25.6. The van der Waals surface area contributed by atoms with Crippen LogP contribution >= 0.6 is 11.6 Å². The topological polar surface area (TPSA) is 70.7 Å². The molecule has 2 N–H and O–H groups in total. The number of ether oxygens (including phenoxy) is 1. The molecule has 2 saturated heterocycles. The number of hydrogen-bond acceptors (Lipinski definition) is 4. The smallest absolute Gasteiger partial charge is 0.242 e. The minimum atomic E-state index is -0.423. The third-order valence-corrected chi connectivity index (χ3v) is 4.39. The Kier molecular flexibility index (Phi) is 5.03. The number of rotatable bonds is 4. The molecule has 23 heavy (non-hydrogen) atoms. The molecule has 1 aromatic carbocycles. The molecule has 0 radical (unpaired) electrons. The quantitative estimate of drug-likeness (QED) is 0.862. The standard InChI is InChI=1S/C16H20ClN3O3/c17-12-1-3-14(20-5-7-23-8-6-20)11(9-12)10-18-16(22)13-2-4-15(21)19-13/h1,3,9,13H,2,4-8,10H2,(H,18,22)(H,19,21)/t13-/m1/s1. The summed E-state index contributed by atoms with van der Waals surface area (Å²) in [6, 6.07) is 5.29. The number of benzene rings is 1. The monoisotopic (exact) mass is 337 g/mol. The average Bonchev–Trinajstić information content (AvgIpc) is 3.00. The summed E-state index contributed by atoms with van der Waals surface area (Å²) in [5.74, 6) is -0.217. The van der Waals surface area contributed by atoms with Crippen LogP contribution < -0.4 is 15.5 Å². The lowest BCUT2D eigenvalue weighted by atomic mass is 10.1. The number of nitrogens with zero attached hydrogens (tertiary/aromatic N) is 1. The Labute approximate surface area is 140 Å². The van der Waals surface area contributed by atoms with E-state index in [0.29, 0.717) is 37.6 Å². The number of carbonyl (C=O) groups excluding carboxylic acids is 2. The summed E-state index contributed by atoms with van der Waals surface area (Å²) in [6.07, 6.45) is 0.963. The van der Waals surface area contributed by atoms with E-state index in [2.05, 4.69) is 15.5 Å². The van der Waals surface area contributed by atoms with Gasteiger partial charge < -0.3 is 20.3 Å². The van der Waals surface area contributed by atoms with Crippen molar-refractivity contribution in [2.75, 3.05) is 31.2 Å². The fraction of sp³-hybridized carbons (Fsp3) is 0.500. The van der Waals surface area contributed by atoms with E-state index < -0.39 is 6.04 Å². The predicted molar refractivity (Wildman–Crippen MR) is 87.5 cm³/mol. The molecule has 0 spiro atoms. The number of anilines is 1. The summed E-state index contributed by atoms with van der Waals surface area (Å²) in [5.41, 5.74) is 2.03. The summed E-state index contributed by atoms with van der Waals surface area (Å²) < 4.78 is 5.38. The molecule has 0 aromatic heterocycles. The molecule has 7 heteroatoms. The average molecular weight is 338 g/mol. The lowest BCUT2D eigenvalue weighted by Gasteiger charge is -2.30. The van der Waals surface area contributed by atoms with E-state index in [-0.39, 0.29) is 11.8 Å². The van der Waals surface area contributed by atoms with Crippen molar-refractivity contribution in [3.8, 4) is 0 Å². The zero-order chi connectivity index (χ0) is 16.2. The van der Waals surface area contributed by atoms with Gasteiger partial charge in [-0.25, -0.2) is 0 Å². The van der Waals surface area contributed by atoms with Crippen molar-refractivity contribution >= 4 is 29.1 Å². The minimum Gasteiger partial charge on any atom is -0.378 e. The van der Waals surface area contributed by atoms with E-state index >= 15 is 0 Å². The van der Waals surface area contributed by atoms with E-state index in [1.54, 1.807) is 0 Å². The number of amides is 2. The summed E-state index contributed by atoms with van der Waals surface area (Å²) in [6.45, 7) is 3.42. The highest BCUT2D eigenvalue weighted by molar-refractivity contribution is 6.30. The van der Waals surface area contributed by atoms with Crippen LogP contribution in [-0.2, 0) is 20.9 Å². The van der Waals surface area contributed by atoms with Gasteiger partial charge in [-0.3, -0.25) is 9.59 Å². The largest absolute Gasteiger partial charge is 0.378 e. The molecule has 0 saturated carbocycles. The van der Waals surface area contributed by atoms with Crippen LogP contribution in [0.3, 0.4) is 0 Å². The first-order chi connectivity index (χ1) is 11.1. The maximum atomic E-state index is 12.1. The Balaban J connectivity index is 1.67. The van der Waals surface area contributed by atoms with Crippen LogP contribution in [0.2, 0.25) is 5.02 Å². The van der Waals surface area contributed by atoms with Crippen molar-refractivity contribution in [2.24, 2.45) is 0 Å². The molecule has 2 aliphatic rings. The second kappa shape index (κ2) is 7.19. The highest BCUT2D eigenvalue weighted by Gasteiger charge is 2.27. The molecule has 0 aliphatic carbocycles. The number of morpholine rings is 1. The lowest BCUT2D eigenvalue weighted by Crippen LogP contribution is -2.41. The molecule has 2 heterocycles. The first kappa shape index (κ1) is 16.1. The van der Waals surface area contributed by atoms with Crippen LogP contribution in [-0.4, -0.2) is 44.2 Å². The van der Waals surface area contributed by atoms with Gasteiger partial charge >= 0.3 is 0 Å². The van der Waals surface area contributed by atoms with E-state index in [9.17, 15) is 9.59 Å². The third kappa shape index (κ3) is 3.95. The molecule has 1 aromatic rings. The second-order valence-electron chi connectivity index (χ2n) is 5.75. The normalized spacial score (nSPS) is 21.2. The van der Waals surface area contributed by atoms with Gasteiger partial charge in [0.2, 0.25) is 11.8 Å². The Bertz CT molecular complexity index is 602. The van der Waals surface area contributed by atoms with Crippen molar-refractivity contribution in [1.29, 1.82) is 0 Å². The number of hydrogen-bond donors (Lipinski definition) is 2.